The van der Waals surface area contributed by atoms with Crippen LogP contribution >= 0.6 is 0 Å². The van der Waals surface area contributed by atoms with Gasteiger partial charge in [0.15, 0.2) is 0 Å². The first-order valence-corrected chi connectivity index (χ1v) is 2.05. The summed E-state index contributed by atoms with van der Waals surface area (Å²) in [7, 11) is 0. The van der Waals surface area contributed by atoms with Crippen molar-refractivity contribution in [1.82, 2.24) is 0 Å². The molecule has 0 spiro atoms. The predicted molar refractivity (Wildman–Crippen MR) is 26.2 cm³/mol. The Morgan fingerprint density at radius 2 is 1.00 bits per heavy atom. The Kier molecular flexibility index (Phi) is 220. The SMILES string of the molecule is CCO.CCO.[O-2].[Zn+2].[Zn]. The Labute approximate surface area is 81.7 Å². The van der Waals surface area contributed by atoms with Crippen LogP contribution in [0.2, 0.25) is 0 Å². The van der Waals surface area contributed by atoms with Gasteiger partial charge in [-0.1, -0.05) is 0 Å². The third-order valence-electron chi connectivity index (χ3n) is 0. The van der Waals surface area contributed by atoms with Crippen molar-refractivity contribution in [3.63, 3.8) is 0 Å². The van der Waals surface area contributed by atoms with Crippen LogP contribution in [0.25, 0.3) is 0 Å². The molecule has 0 aliphatic heterocycles. The molecule has 0 aromatic rings. The molecule has 5 heteroatoms. The molecule has 0 atom stereocenters. The molecule has 9 heavy (non-hydrogen) atoms. The van der Waals surface area contributed by atoms with Gasteiger partial charge in [-0.15, -0.1) is 0 Å². The molecule has 50 valence electrons. The quantitative estimate of drug-likeness (QED) is 0.578. The van der Waals surface area contributed by atoms with Gasteiger partial charge in [-0.2, -0.15) is 0 Å². The molecule has 0 amide bonds. The van der Waals surface area contributed by atoms with Crippen LogP contribution < -0.4 is 0 Å². The average molecular weight is 239 g/mol. The zero-order chi connectivity index (χ0) is 5.41. The van der Waals surface area contributed by atoms with Gasteiger partial charge in [0.25, 0.3) is 0 Å². The Hall–Kier alpha value is 1.13. The summed E-state index contributed by atoms with van der Waals surface area (Å²) in [5.41, 5.74) is 0. The Morgan fingerprint density at radius 3 is 1.00 bits per heavy atom. The first-order chi connectivity index (χ1) is 2.83. The fraction of sp³-hybridized carbons (Fsp3) is 1.00. The molecule has 0 aliphatic carbocycles. The second kappa shape index (κ2) is 61.7. The Bertz CT molecular complexity index is 15.8. The van der Waals surface area contributed by atoms with Gasteiger partial charge in [-0.25, -0.2) is 0 Å². The maximum absolute atomic E-state index is 7.57. The molecule has 0 heterocycles. The molecular weight excluding hydrogens is 227 g/mol. The average Bonchev–Trinajstić information content (AvgIpc) is 1.39. The normalized spacial score (nSPS) is 4.00. The monoisotopic (exact) mass is 236 g/mol. The van der Waals surface area contributed by atoms with Crippen LogP contribution in [0.1, 0.15) is 13.8 Å². The van der Waals surface area contributed by atoms with E-state index >= 15 is 0 Å². The fourth-order valence-corrected chi connectivity index (χ4v) is 0. The van der Waals surface area contributed by atoms with Crippen molar-refractivity contribution in [2.45, 2.75) is 13.8 Å². The van der Waals surface area contributed by atoms with Gasteiger partial charge in [-0.05, 0) is 13.8 Å². The van der Waals surface area contributed by atoms with Crippen molar-refractivity contribution >= 4 is 0 Å². The number of aliphatic hydroxyl groups is 2. The van der Waals surface area contributed by atoms with E-state index in [1.807, 2.05) is 0 Å². The Morgan fingerprint density at radius 1 is 1.00 bits per heavy atom. The number of hydrogen-bond acceptors (Lipinski definition) is 2. The fourth-order valence-electron chi connectivity index (χ4n) is 0. The van der Waals surface area contributed by atoms with Crippen molar-refractivity contribution in [3.8, 4) is 0 Å². The van der Waals surface area contributed by atoms with Crippen molar-refractivity contribution in [2.24, 2.45) is 0 Å². The molecule has 0 aliphatic rings. The zero-order valence-corrected chi connectivity index (χ0v) is 12.1. The van der Waals surface area contributed by atoms with E-state index in [0.29, 0.717) is 0 Å². The van der Waals surface area contributed by atoms with Crippen LogP contribution in [0.4, 0.5) is 0 Å². The van der Waals surface area contributed by atoms with Crippen LogP contribution in [0.3, 0.4) is 0 Å². The van der Waals surface area contributed by atoms with E-state index in [0.717, 1.165) is 0 Å². The third-order valence-corrected chi connectivity index (χ3v) is 0. The summed E-state index contributed by atoms with van der Waals surface area (Å²) in [6, 6.07) is 0. The molecule has 0 fully saturated rings. The first kappa shape index (κ1) is 32.1. The van der Waals surface area contributed by atoms with Gasteiger partial charge in [-0.3, -0.25) is 0 Å². The standard InChI is InChI=1S/2C2H6O.O.2Zn/c2*1-2-3;;;/h2*3H,2H2,1H3;;;/q;;-2;;+2. The summed E-state index contributed by atoms with van der Waals surface area (Å²) in [6.45, 7) is 3.86. The minimum absolute atomic E-state index is 0. The van der Waals surface area contributed by atoms with E-state index in [-0.39, 0.29) is 57.6 Å². The summed E-state index contributed by atoms with van der Waals surface area (Å²) < 4.78 is 0. The van der Waals surface area contributed by atoms with Crippen LogP contribution in [-0.2, 0) is 44.4 Å². The van der Waals surface area contributed by atoms with Gasteiger partial charge in [0.2, 0.25) is 0 Å². The molecule has 0 saturated heterocycles. The van der Waals surface area contributed by atoms with Gasteiger partial charge in [0, 0.05) is 32.7 Å². The molecule has 0 saturated carbocycles. The van der Waals surface area contributed by atoms with Gasteiger partial charge in [0.1, 0.15) is 0 Å². The zero-order valence-electron chi connectivity index (χ0n) is 6.13. The van der Waals surface area contributed by atoms with E-state index < -0.39 is 0 Å². The summed E-state index contributed by atoms with van der Waals surface area (Å²) in [6.07, 6.45) is 0. The topological polar surface area (TPSA) is 69.0 Å². The van der Waals surface area contributed by atoms with Gasteiger partial charge in [0.05, 0.1) is 0 Å². The van der Waals surface area contributed by atoms with E-state index in [1.165, 1.54) is 0 Å². The van der Waals surface area contributed by atoms with E-state index in [1.54, 1.807) is 13.8 Å². The molecule has 0 unspecified atom stereocenters. The predicted octanol–water partition coefficient (Wildman–Crippen LogP) is -0.127. The van der Waals surface area contributed by atoms with E-state index in [4.69, 9.17) is 10.2 Å². The molecule has 0 aromatic heterocycles. The maximum Gasteiger partial charge on any atom is 2.00 e. The van der Waals surface area contributed by atoms with Crippen molar-refractivity contribution in [2.75, 3.05) is 13.2 Å². The minimum atomic E-state index is 0. The first-order valence-electron chi connectivity index (χ1n) is 2.05. The maximum atomic E-state index is 7.57. The smallest absolute Gasteiger partial charge is 2.00 e. The molecule has 2 N–H and O–H groups in total. The molecule has 0 bridgehead atoms. The largest absolute Gasteiger partial charge is 2.00 e. The van der Waals surface area contributed by atoms with Crippen LogP contribution in [0.15, 0.2) is 0 Å². The summed E-state index contributed by atoms with van der Waals surface area (Å²) in [5, 5.41) is 15.1. The molecule has 0 radical (unpaired) electrons. The summed E-state index contributed by atoms with van der Waals surface area (Å²) in [5.74, 6) is 0. The summed E-state index contributed by atoms with van der Waals surface area (Å²) in [4.78, 5) is 0. The minimum Gasteiger partial charge on any atom is -2.00 e. The molecular formula is C4H12O3Zn2. The second-order valence-corrected chi connectivity index (χ2v) is 0.632. The van der Waals surface area contributed by atoms with Crippen LogP contribution in [0, 0.1) is 0 Å². The molecule has 0 rings (SSSR count). The summed E-state index contributed by atoms with van der Waals surface area (Å²) >= 11 is 0. The van der Waals surface area contributed by atoms with Gasteiger partial charge < -0.3 is 15.7 Å². The van der Waals surface area contributed by atoms with Crippen LogP contribution in [0.5, 0.6) is 0 Å². The number of aliphatic hydroxyl groups excluding tert-OH is 2. The van der Waals surface area contributed by atoms with E-state index in [9.17, 15) is 0 Å². The van der Waals surface area contributed by atoms with Crippen molar-refractivity contribution < 1.29 is 54.6 Å². The third kappa shape index (κ3) is 365. The van der Waals surface area contributed by atoms with E-state index in [2.05, 4.69) is 0 Å². The van der Waals surface area contributed by atoms with Crippen molar-refractivity contribution in [1.29, 1.82) is 0 Å². The Balaban J connectivity index is -0.00000000889. The van der Waals surface area contributed by atoms with Crippen LogP contribution in [-0.4, -0.2) is 23.4 Å². The second-order valence-electron chi connectivity index (χ2n) is 0.632. The number of hydrogen-bond donors (Lipinski definition) is 2. The molecule has 3 nitrogen and oxygen atoms in total. The number of rotatable bonds is 0. The van der Waals surface area contributed by atoms with Gasteiger partial charge >= 0.3 is 19.5 Å². The van der Waals surface area contributed by atoms with Crippen molar-refractivity contribution in [3.05, 3.63) is 0 Å². The molecule has 0 aromatic carbocycles.